The van der Waals surface area contributed by atoms with Gasteiger partial charge in [-0.15, -0.1) is 0 Å². The number of furan rings is 1. The molecule has 1 aliphatic heterocycles. The standard InChI is InChI=1S/C24H29N3O3/c28-24(29)21(19-15-18-12-14-30-23(18)26-16-19)9-5-3-1-2-4-8-20-11-10-17-7-6-13-25-22(17)27-20/h10-12,14-16,21H,1-9,13H2,(H,25,27)(H,28,29)/t21-/m1/s1. The maximum absolute atomic E-state index is 11.7. The number of anilines is 1. The van der Waals surface area contributed by atoms with Crippen LogP contribution in [-0.4, -0.2) is 27.6 Å². The number of aromatic nitrogens is 2. The van der Waals surface area contributed by atoms with Crippen molar-refractivity contribution in [3.05, 3.63) is 53.5 Å². The van der Waals surface area contributed by atoms with Crippen LogP contribution in [0, 0.1) is 0 Å². The van der Waals surface area contributed by atoms with E-state index in [1.807, 2.05) is 12.1 Å². The number of carboxylic acid groups (broad SMARTS) is 1. The average molecular weight is 408 g/mol. The number of nitrogens with one attached hydrogen (secondary N) is 1. The van der Waals surface area contributed by atoms with E-state index in [0.29, 0.717) is 12.1 Å². The van der Waals surface area contributed by atoms with Gasteiger partial charge in [0.05, 0.1) is 12.2 Å². The van der Waals surface area contributed by atoms with Gasteiger partial charge in [-0.2, -0.15) is 0 Å². The van der Waals surface area contributed by atoms with Crippen LogP contribution in [-0.2, 0) is 17.6 Å². The molecule has 4 rings (SSSR count). The Labute approximate surface area is 176 Å². The number of nitrogens with zero attached hydrogens (tertiary/aromatic N) is 2. The van der Waals surface area contributed by atoms with Crippen LogP contribution in [0.3, 0.4) is 0 Å². The van der Waals surface area contributed by atoms with E-state index < -0.39 is 11.9 Å². The first-order chi connectivity index (χ1) is 14.7. The Morgan fingerprint density at radius 3 is 2.93 bits per heavy atom. The van der Waals surface area contributed by atoms with Gasteiger partial charge in [0, 0.05) is 23.8 Å². The third-order valence-electron chi connectivity index (χ3n) is 5.91. The molecular weight excluding hydrogens is 378 g/mol. The van der Waals surface area contributed by atoms with Gasteiger partial charge in [-0.25, -0.2) is 9.97 Å². The lowest BCUT2D eigenvalue weighted by Crippen LogP contribution is -2.14. The normalized spacial score (nSPS) is 14.3. The maximum Gasteiger partial charge on any atom is 0.311 e. The SMILES string of the molecule is O=C(O)[C@H](CCCCCCCc1ccc2c(n1)NCCC2)c1cnc2occc2c1. The summed E-state index contributed by atoms with van der Waals surface area (Å²) in [6.07, 6.45) is 12.5. The van der Waals surface area contributed by atoms with E-state index in [9.17, 15) is 9.90 Å². The molecule has 0 unspecified atom stereocenters. The third-order valence-corrected chi connectivity index (χ3v) is 5.91. The van der Waals surface area contributed by atoms with Gasteiger partial charge in [0.1, 0.15) is 5.82 Å². The summed E-state index contributed by atoms with van der Waals surface area (Å²) in [4.78, 5) is 20.7. The fourth-order valence-electron chi connectivity index (χ4n) is 4.19. The number of fused-ring (bicyclic) bond motifs is 2. The highest BCUT2D eigenvalue weighted by Gasteiger charge is 2.20. The molecule has 0 aliphatic carbocycles. The Bertz CT molecular complexity index is 998. The van der Waals surface area contributed by atoms with Crippen molar-refractivity contribution < 1.29 is 14.3 Å². The summed E-state index contributed by atoms with van der Waals surface area (Å²) in [6, 6.07) is 8.07. The Balaban J connectivity index is 1.18. The first kappa shape index (κ1) is 20.4. The second kappa shape index (κ2) is 9.74. The minimum absolute atomic E-state index is 0.510. The largest absolute Gasteiger partial charge is 0.481 e. The molecule has 30 heavy (non-hydrogen) atoms. The summed E-state index contributed by atoms with van der Waals surface area (Å²) in [6.45, 7) is 1.02. The fourth-order valence-corrected chi connectivity index (χ4v) is 4.19. The summed E-state index contributed by atoms with van der Waals surface area (Å²) in [5.41, 5.74) is 3.80. The van der Waals surface area contributed by atoms with Gasteiger partial charge in [0.15, 0.2) is 0 Å². The van der Waals surface area contributed by atoms with Crippen molar-refractivity contribution in [2.24, 2.45) is 0 Å². The van der Waals surface area contributed by atoms with Gasteiger partial charge >= 0.3 is 5.97 Å². The molecule has 0 fully saturated rings. The van der Waals surface area contributed by atoms with Crippen LogP contribution in [0.5, 0.6) is 0 Å². The smallest absolute Gasteiger partial charge is 0.311 e. The van der Waals surface area contributed by atoms with Crippen molar-refractivity contribution in [3.63, 3.8) is 0 Å². The summed E-state index contributed by atoms with van der Waals surface area (Å²) >= 11 is 0. The molecule has 3 aromatic heterocycles. The highest BCUT2D eigenvalue weighted by molar-refractivity contribution is 5.79. The van der Waals surface area contributed by atoms with Crippen LogP contribution < -0.4 is 5.32 Å². The Morgan fingerprint density at radius 1 is 1.17 bits per heavy atom. The lowest BCUT2D eigenvalue weighted by molar-refractivity contribution is -0.139. The average Bonchev–Trinajstić information content (AvgIpc) is 3.23. The number of hydrogen-bond acceptors (Lipinski definition) is 5. The molecule has 0 radical (unpaired) electrons. The topological polar surface area (TPSA) is 88.2 Å². The predicted octanol–water partition coefficient (Wildman–Crippen LogP) is 5.33. The van der Waals surface area contributed by atoms with Crippen LogP contribution in [0.2, 0.25) is 0 Å². The number of carboxylic acids is 1. The molecule has 2 N–H and O–H groups in total. The predicted molar refractivity (Wildman–Crippen MR) is 117 cm³/mol. The van der Waals surface area contributed by atoms with Crippen LogP contribution in [0.1, 0.15) is 67.7 Å². The number of aryl methyl sites for hydroxylation is 2. The zero-order valence-electron chi connectivity index (χ0n) is 17.3. The van der Waals surface area contributed by atoms with Crippen LogP contribution >= 0.6 is 0 Å². The second-order valence-electron chi connectivity index (χ2n) is 8.12. The van der Waals surface area contributed by atoms with E-state index in [1.165, 1.54) is 12.0 Å². The van der Waals surface area contributed by atoms with Crippen molar-refractivity contribution >= 4 is 22.9 Å². The number of carbonyl (C=O) groups is 1. The van der Waals surface area contributed by atoms with E-state index in [2.05, 4.69) is 22.4 Å². The molecule has 1 atom stereocenters. The van der Waals surface area contributed by atoms with Gasteiger partial charge in [-0.1, -0.05) is 31.7 Å². The molecule has 0 bridgehead atoms. The number of aliphatic carboxylic acids is 1. The van der Waals surface area contributed by atoms with Gasteiger partial charge in [0.2, 0.25) is 5.71 Å². The molecule has 158 valence electrons. The Morgan fingerprint density at radius 2 is 2.03 bits per heavy atom. The van der Waals surface area contributed by atoms with Gasteiger partial charge in [-0.05, 0) is 61.4 Å². The quantitative estimate of drug-likeness (QED) is 0.442. The maximum atomic E-state index is 11.7. The van der Waals surface area contributed by atoms with Gasteiger partial charge < -0.3 is 14.8 Å². The van der Waals surface area contributed by atoms with Crippen molar-refractivity contribution in [2.75, 3.05) is 11.9 Å². The minimum atomic E-state index is -0.785. The highest BCUT2D eigenvalue weighted by atomic mass is 16.4. The molecular formula is C24H29N3O3. The van der Waals surface area contributed by atoms with E-state index in [1.54, 1.807) is 12.5 Å². The Kier molecular flexibility index (Phi) is 6.62. The monoisotopic (exact) mass is 407 g/mol. The van der Waals surface area contributed by atoms with E-state index in [0.717, 1.165) is 74.0 Å². The van der Waals surface area contributed by atoms with Crippen molar-refractivity contribution in [1.29, 1.82) is 0 Å². The molecule has 6 heteroatoms. The van der Waals surface area contributed by atoms with E-state index in [4.69, 9.17) is 9.40 Å². The molecule has 0 amide bonds. The zero-order valence-corrected chi connectivity index (χ0v) is 17.3. The van der Waals surface area contributed by atoms with Gasteiger partial charge in [-0.3, -0.25) is 4.79 Å². The molecule has 0 saturated carbocycles. The zero-order chi connectivity index (χ0) is 20.8. The molecule has 4 heterocycles. The van der Waals surface area contributed by atoms with Crippen molar-refractivity contribution in [2.45, 2.75) is 63.7 Å². The molecule has 0 aromatic carbocycles. The summed E-state index contributed by atoms with van der Waals surface area (Å²) in [5.74, 6) is -0.225. The van der Waals surface area contributed by atoms with Crippen LogP contribution in [0.25, 0.3) is 11.1 Å². The summed E-state index contributed by atoms with van der Waals surface area (Å²) in [7, 11) is 0. The number of rotatable bonds is 10. The second-order valence-corrected chi connectivity index (χ2v) is 8.12. The summed E-state index contributed by atoms with van der Waals surface area (Å²) in [5, 5.41) is 13.9. The Hall–Kier alpha value is -2.89. The number of unbranched alkanes of at least 4 members (excludes halogenated alkanes) is 4. The molecule has 0 spiro atoms. The van der Waals surface area contributed by atoms with Crippen LogP contribution in [0.4, 0.5) is 5.82 Å². The minimum Gasteiger partial charge on any atom is -0.481 e. The molecule has 0 saturated heterocycles. The molecule has 1 aliphatic rings. The van der Waals surface area contributed by atoms with Gasteiger partial charge in [0.25, 0.3) is 0 Å². The first-order valence-electron chi connectivity index (χ1n) is 11.0. The lowest BCUT2D eigenvalue weighted by atomic mass is 9.93. The van der Waals surface area contributed by atoms with E-state index in [-0.39, 0.29) is 0 Å². The summed E-state index contributed by atoms with van der Waals surface area (Å²) < 4.78 is 5.24. The third kappa shape index (κ3) is 4.99. The number of hydrogen-bond donors (Lipinski definition) is 2. The molecule has 3 aromatic rings. The van der Waals surface area contributed by atoms with E-state index >= 15 is 0 Å². The number of pyridine rings is 2. The lowest BCUT2D eigenvalue weighted by Gasteiger charge is -2.17. The van der Waals surface area contributed by atoms with Crippen molar-refractivity contribution in [1.82, 2.24) is 9.97 Å². The van der Waals surface area contributed by atoms with Crippen LogP contribution in [0.15, 0.2) is 41.1 Å². The van der Waals surface area contributed by atoms with Crippen molar-refractivity contribution in [3.8, 4) is 0 Å². The first-order valence-corrected chi connectivity index (χ1v) is 11.0. The highest BCUT2D eigenvalue weighted by Crippen LogP contribution is 2.26. The molecule has 6 nitrogen and oxygen atoms in total. The fraction of sp³-hybridized carbons (Fsp3) is 0.458.